The van der Waals surface area contributed by atoms with Crippen molar-refractivity contribution in [3.8, 4) is 17.2 Å². The number of benzene rings is 3. The highest BCUT2D eigenvalue weighted by molar-refractivity contribution is 5.94. The van der Waals surface area contributed by atoms with Gasteiger partial charge in [-0.25, -0.2) is 13.6 Å². The summed E-state index contributed by atoms with van der Waals surface area (Å²) < 4.78 is 27.1. The lowest BCUT2D eigenvalue weighted by molar-refractivity contribution is 0.188. The number of nitrogens with zero attached hydrogens (tertiary/aromatic N) is 3. The van der Waals surface area contributed by atoms with Crippen LogP contribution in [0.25, 0.3) is 11.1 Å². The summed E-state index contributed by atoms with van der Waals surface area (Å²) in [5.74, 6) is -1.88. The van der Waals surface area contributed by atoms with Crippen LogP contribution >= 0.6 is 0 Å². The fraction of sp³-hybridized carbons (Fsp3) is 0.286. The predicted molar refractivity (Wildman–Crippen MR) is 131 cm³/mol. The Morgan fingerprint density at radius 1 is 0.914 bits per heavy atom. The SMILES string of the molecule is N#Cc1cccc(-c2ccc(C3(CN4CCN(c5ccc(F)c(F)c5)C4=O)CCNCC3)cc2)c1. The topological polar surface area (TPSA) is 59.4 Å². The minimum absolute atomic E-state index is 0.182. The van der Waals surface area contributed by atoms with Crippen LogP contribution in [0.3, 0.4) is 0 Å². The molecule has 0 bridgehead atoms. The third-order valence-electron chi connectivity index (χ3n) is 7.19. The number of halogens is 2. The predicted octanol–water partition coefficient (Wildman–Crippen LogP) is 5.07. The molecule has 0 atom stereocenters. The van der Waals surface area contributed by atoms with Crippen molar-refractivity contribution in [1.29, 1.82) is 5.26 Å². The Balaban J connectivity index is 1.39. The Morgan fingerprint density at radius 2 is 1.69 bits per heavy atom. The minimum atomic E-state index is -0.955. The van der Waals surface area contributed by atoms with E-state index >= 15 is 0 Å². The number of nitrogens with one attached hydrogen (secondary N) is 1. The quantitative estimate of drug-likeness (QED) is 0.564. The highest BCUT2D eigenvalue weighted by atomic mass is 19.2. The van der Waals surface area contributed by atoms with Gasteiger partial charge in [0.05, 0.1) is 11.6 Å². The Kier molecular flexibility index (Phi) is 6.23. The summed E-state index contributed by atoms with van der Waals surface area (Å²) in [7, 11) is 0. The summed E-state index contributed by atoms with van der Waals surface area (Å²) in [6.07, 6.45) is 1.79. The molecule has 3 aromatic rings. The van der Waals surface area contributed by atoms with Crippen LogP contribution in [0.15, 0.2) is 66.7 Å². The third-order valence-corrected chi connectivity index (χ3v) is 7.19. The summed E-state index contributed by atoms with van der Waals surface area (Å²) in [5.41, 5.74) is 4.01. The highest BCUT2D eigenvalue weighted by Gasteiger charge is 2.40. The summed E-state index contributed by atoms with van der Waals surface area (Å²) >= 11 is 0. The van der Waals surface area contributed by atoms with Gasteiger partial charge >= 0.3 is 6.03 Å². The van der Waals surface area contributed by atoms with Gasteiger partial charge in [0.15, 0.2) is 11.6 Å². The van der Waals surface area contributed by atoms with E-state index < -0.39 is 11.6 Å². The number of piperidine rings is 1. The lowest BCUT2D eigenvalue weighted by atomic mass is 9.72. The van der Waals surface area contributed by atoms with Gasteiger partial charge in [0.25, 0.3) is 0 Å². The molecule has 2 fully saturated rings. The second-order valence-electron chi connectivity index (χ2n) is 9.25. The molecule has 0 radical (unpaired) electrons. The van der Waals surface area contributed by atoms with Crippen molar-refractivity contribution in [2.75, 3.05) is 37.6 Å². The first kappa shape index (κ1) is 23.0. The Labute approximate surface area is 203 Å². The van der Waals surface area contributed by atoms with E-state index in [4.69, 9.17) is 0 Å². The van der Waals surface area contributed by atoms with Crippen molar-refractivity contribution in [3.05, 3.63) is 89.5 Å². The zero-order valence-electron chi connectivity index (χ0n) is 19.3. The van der Waals surface area contributed by atoms with Gasteiger partial charge in [-0.15, -0.1) is 0 Å². The van der Waals surface area contributed by atoms with Gasteiger partial charge in [-0.2, -0.15) is 5.26 Å². The van der Waals surface area contributed by atoms with Gasteiger partial charge in [-0.3, -0.25) is 4.90 Å². The van der Waals surface area contributed by atoms with E-state index in [2.05, 4.69) is 35.7 Å². The van der Waals surface area contributed by atoms with Crippen molar-refractivity contribution < 1.29 is 13.6 Å². The number of amides is 2. The maximum absolute atomic E-state index is 13.8. The molecule has 0 aromatic heterocycles. The van der Waals surface area contributed by atoms with Crippen LogP contribution < -0.4 is 10.2 Å². The molecule has 2 amide bonds. The first-order valence-corrected chi connectivity index (χ1v) is 11.8. The number of hydrogen-bond acceptors (Lipinski definition) is 3. The molecule has 5 nitrogen and oxygen atoms in total. The molecule has 2 aliphatic rings. The lowest BCUT2D eigenvalue weighted by Crippen LogP contribution is -2.48. The normalized spacial score (nSPS) is 17.5. The molecular weight excluding hydrogens is 446 g/mol. The molecule has 2 heterocycles. The van der Waals surface area contributed by atoms with Crippen LogP contribution in [0, 0.1) is 23.0 Å². The average Bonchev–Trinajstić information content (AvgIpc) is 3.26. The van der Waals surface area contributed by atoms with Crippen LogP contribution in [0.5, 0.6) is 0 Å². The van der Waals surface area contributed by atoms with Crippen LogP contribution in [-0.2, 0) is 5.41 Å². The van der Waals surface area contributed by atoms with Crippen molar-refractivity contribution in [2.24, 2.45) is 0 Å². The first-order chi connectivity index (χ1) is 17.0. The van der Waals surface area contributed by atoms with E-state index in [1.54, 1.807) is 6.07 Å². The Morgan fingerprint density at radius 3 is 2.40 bits per heavy atom. The number of carbonyl (C=O) groups excluding carboxylic acids is 1. The molecule has 0 spiro atoms. The molecule has 1 N–H and O–H groups in total. The van der Waals surface area contributed by atoms with Gasteiger partial charge in [0, 0.05) is 36.8 Å². The second kappa shape index (κ2) is 9.47. The molecule has 2 aliphatic heterocycles. The number of hydrogen-bond donors (Lipinski definition) is 1. The van der Waals surface area contributed by atoms with Crippen LogP contribution in [-0.4, -0.2) is 43.7 Å². The number of carbonyl (C=O) groups is 1. The molecule has 0 saturated carbocycles. The van der Waals surface area contributed by atoms with Gasteiger partial charge in [-0.05, 0) is 66.9 Å². The Bertz CT molecular complexity index is 1280. The van der Waals surface area contributed by atoms with E-state index in [-0.39, 0.29) is 11.4 Å². The smallest absolute Gasteiger partial charge is 0.322 e. The zero-order valence-corrected chi connectivity index (χ0v) is 19.3. The van der Waals surface area contributed by atoms with Gasteiger partial charge in [0.1, 0.15) is 0 Å². The number of anilines is 1. The molecule has 7 heteroatoms. The lowest BCUT2D eigenvalue weighted by Gasteiger charge is -2.41. The fourth-order valence-electron chi connectivity index (χ4n) is 5.22. The van der Waals surface area contributed by atoms with Crippen LogP contribution in [0.4, 0.5) is 19.3 Å². The molecule has 3 aromatic carbocycles. The second-order valence-corrected chi connectivity index (χ2v) is 9.25. The number of rotatable bonds is 5. The average molecular weight is 473 g/mol. The summed E-state index contributed by atoms with van der Waals surface area (Å²) in [6, 6.07) is 21.6. The maximum atomic E-state index is 13.8. The third kappa shape index (κ3) is 4.50. The Hall–Kier alpha value is -3.76. The van der Waals surface area contributed by atoms with Crippen molar-refractivity contribution in [3.63, 3.8) is 0 Å². The zero-order chi connectivity index (χ0) is 24.4. The van der Waals surface area contributed by atoms with Crippen molar-refractivity contribution >= 4 is 11.7 Å². The van der Waals surface area contributed by atoms with E-state index in [0.717, 1.165) is 49.2 Å². The summed E-state index contributed by atoms with van der Waals surface area (Å²) in [4.78, 5) is 16.6. The van der Waals surface area contributed by atoms with Crippen LogP contribution in [0.2, 0.25) is 0 Å². The molecule has 178 valence electrons. The van der Waals surface area contributed by atoms with Crippen LogP contribution in [0.1, 0.15) is 24.0 Å². The molecule has 35 heavy (non-hydrogen) atoms. The van der Waals surface area contributed by atoms with Gasteiger partial charge in [-0.1, -0.05) is 36.4 Å². The maximum Gasteiger partial charge on any atom is 0.324 e. The number of nitriles is 1. The summed E-state index contributed by atoms with van der Waals surface area (Å²) in [6.45, 7) is 3.26. The summed E-state index contributed by atoms with van der Waals surface area (Å²) in [5, 5.41) is 12.6. The first-order valence-electron chi connectivity index (χ1n) is 11.8. The highest BCUT2D eigenvalue weighted by Crippen LogP contribution is 2.37. The van der Waals surface area contributed by atoms with E-state index in [1.165, 1.54) is 16.5 Å². The molecule has 2 saturated heterocycles. The minimum Gasteiger partial charge on any atom is -0.322 e. The monoisotopic (exact) mass is 472 g/mol. The van der Waals surface area contributed by atoms with E-state index in [1.807, 2.05) is 23.1 Å². The van der Waals surface area contributed by atoms with E-state index in [0.29, 0.717) is 30.9 Å². The molecule has 5 rings (SSSR count). The van der Waals surface area contributed by atoms with Gasteiger partial charge in [0.2, 0.25) is 0 Å². The molecule has 0 unspecified atom stereocenters. The van der Waals surface area contributed by atoms with Crippen molar-refractivity contribution in [1.82, 2.24) is 10.2 Å². The number of urea groups is 1. The largest absolute Gasteiger partial charge is 0.324 e. The van der Waals surface area contributed by atoms with E-state index in [9.17, 15) is 18.8 Å². The standard InChI is InChI=1S/C28H26F2N4O/c29-25-9-8-24(17-26(25)30)34-15-14-33(27(34)35)19-28(10-12-32-13-11-28)23-6-4-21(5-7-23)22-3-1-2-20(16-22)18-31/h1-9,16-17,32H,10-15,19H2. The van der Waals surface area contributed by atoms with Gasteiger partial charge < -0.3 is 10.2 Å². The van der Waals surface area contributed by atoms with Crippen molar-refractivity contribution in [2.45, 2.75) is 18.3 Å². The molecular formula is C28H26F2N4O. The molecule has 0 aliphatic carbocycles. The fourth-order valence-corrected chi connectivity index (χ4v) is 5.22.